The predicted octanol–water partition coefficient (Wildman–Crippen LogP) is 5.45. The van der Waals surface area contributed by atoms with Crippen LogP contribution in [0.2, 0.25) is 0 Å². The lowest BCUT2D eigenvalue weighted by Crippen LogP contribution is -2.53. The minimum absolute atomic E-state index is 0.00161. The smallest absolute Gasteiger partial charge is 0.244 e. The molecule has 0 aliphatic rings. The van der Waals surface area contributed by atoms with Crippen LogP contribution in [-0.4, -0.2) is 50.5 Å². The highest BCUT2D eigenvalue weighted by atomic mass is 32.2. The van der Waals surface area contributed by atoms with E-state index in [9.17, 15) is 22.4 Å². The van der Waals surface area contributed by atoms with Crippen LogP contribution in [0.4, 0.5) is 10.1 Å². The molecule has 0 bridgehead atoms. The van der Waals surface area contributed by atoms with Crippen LogP contribution in [-0.2, 0) is 38.0 Å². The molecule has 9 heteroatoms. The van der Waals surface area contributed by atoms with Gasteiger partial charge in [0.15, 0.2) is 0 Å². The SMILES string of the molecule is CCCCNC(=O)[C@H](Cc1ccccc1)N(Cc1ccc(F)cc1)C(=O)CN(c1ccc(C(C)(C)C)cc1)S(C)(=O)=O. The third-order valence-electron chi connectivity index (χ3n) is 7.07. The maximum Gasteiger partial charge on any atom is 0.244 e. The number of benzene rings is 3. The van der Waals surface area contributed by atoms with Gasteiger partial charge in [-0.1, -0.05) is 88.7 Å². The quantitative estimate of drug-likeness (QED) is 0.267. The second kappa shape index (κ2) is 14.4. The number of sulfonamides is 1. The molecule has 0 heterocycles. The van der Waals surface area contributed by atoms with Crippen molar-refractivity contribution in [3.63, 3.8) is 0 Å². The van der Waals surface area contributed by atoms with Crippen molar-refractivity contribution in [1.29, 1.82) is 0 Å². The van der Waals surface area contributed by atoms with Gasteiger partial charge < -0.3 is 10.2 Å². The van der Waals surface area contributed by atoms with Gasteiger partial charge in [-0.05, 0) is 52.8 Å². The number of halogens is 1. The number of anilines is 1. The summed E-state index contributed by atoms with van der Waals surface area (Å²) in [6.07, 6.45) is 2.95. The number of unbranched alkanes of at least 4 members (excludes halogenated alkanes) is 1. The molecule has 0 radical (unpaired) electrons. The molecule has 0 aliphatic carbocycles. The fourth-order valence-electron chi connectivity index (χ4n) is 4.59. The predicted molar refractivity (Wildman–Crippen MR) is 166 cm³/mol. The Bertz CT molecular complexity index is 1420. The van der Waals surface area contributed by atoms with Crippen LogP contribution >= 0.6 is 0 Å². The summed E-state index contributed by atoms with van der Waals surface area (Å²) < 4.78 is 40.7. The minimum Gasteiger partial charge on any atom is -0.354 e. The number of hydrogen-bond acceptors (Lipinski definition) is 4. The Morgan fingerprint density at radius 2 is 1.52 bits per heavy atom. The molecule has 0 spiro atoms. The Morgan fingerprint density at radius 3 is 2.07 bits per heavy atom. The first-order valence-electron chi connectivity index (χ1n) is 14.2. The van der Waals surface area contributed by atoms with Crippen LogP contribution < -0.4 is 9.62 Å². The molecule has 1 N–H and O–H groups in total. The molecule has 0 saturated heterocycles. The fourth-order valence-corrected chi connectivity index (χ4v) is 5.44. The maximum atomic E-state index is 14.1. The topological polar surface area (TPSA) is 86.8 Å². The zero-order valence-corrected chi connectivity index (χ0v) is 26.0. The number of carbonyl (C=O) groups excluding carboxylic acids is 2. The number of carbonyl (C=O) groups is 2. The first-order chi connectivity index (χ1) is 19.8. The van der Waals surface area contributed by atoms with E-state index in [1.165, 1.54) is 17.0 Å². The molecule has 0 unspecified atom stereocenters. The summed E-state index contributed by atoms with van der Waals surface area (Å²) in [4.78, 5) is 29.1. The third-order valence-corrected chi connectivity index (χ3v) is 8.21. The molecular weight excluding hydrogens is 553 g/mol. The van der Waals surface area contributed by atoms with E-state index in [-0.39, 0.29) is 24.3 Å². The summed E-state index contributed by atoms with van der Waals surface area (Å²) in [5, 5.41) is 2.95. The largest absolute Gasteiger partial charge is 0.354 e. The molecule has 2 amide bonds. The Morgan fingerprint density at radius 1 is 0.905 bits per heavy atom. The van der Waals surface area contributed by atoms with E-state index in [1.807, 2.05) is 49.4 Å². The van der Waals surface area contributed by atoms with E-state index >= 15 is 0 Å². The van der Waals surface area contributed by atoms with Gasteiger partial charge >= 0.3 is 0 Å². The van der Waals surface area contributed by atoms with E-state index in [0.29, 0.717) is 17.8 Å². The van der Waals surface area contributed by atoms with Gasteiger partial charge in [0, 0.05) is 19.5 Å². The van der Waals surface area contributed by atoms with Crippen molar-refractivity contribution in [3.8, 4) is 0 Å². The highest BCUT2D eigenvalue weighted by Crippen LogP contribution is 2.26. The lowest BCUT2D eigenvalue weighted by molar-refractivity contribution is -0.140. The lowest BCUT2D eigenvalue weighted by Gasteiger charge is -2.33. The van der Waals surface area contributed by atoms with Gasteiger partial charge in [0.05, 0.1) is 11.9 Å². The summed E-state index contributed by atoms with van der Waals surface area (Å²) >= 11 is 0. The average molecular weight is 596 g/mol. The summed E-state index contributed by atoms with van der Waals surface area (Å²) in [6, 6.07) is 21.2. The normalized spacial score (nSPS) is 12.4. The molecule has 7 nitrogen and oxygen atoms in total. The Kier molecular flexibility index (Phi) is 11.3. The summed E-state index contributed by atoms with van der Waals surface area (Å²) in [5.74, 6) is -1.30. The molecule has 42 heavy (non-hydrogen) atoms. The van der Waals surface area contributed by atoms with Crippen LogP contribution in [0.1, 0.15) is 57.2 Å². The minimum atomic E-state index is -3.86. The van der Waals surface area contributed by atoms with Gasteiger partial charge in [-0.3, -0.25) is 13.9 Å². The molecule has 3 aromatic rings. The van der Waals surface area contributed by atoms with E-state index in [1.54, 1.807) is 24.3 Å². The van der Waals surface area contributed by atoms with Crippen molar-refractivity contribution in [2.45, 2.75) is 65.0 Å². The number of nitrogens with zero attached hydrogens (tertiary/aromatic N) is 2. The molecule has 3 rings (SSSR count). The summed E-state index contributed by atoms with van der Waals surface area (Å²) in [6.45, 7) is 8.16. The fraction of sp³-hybridized carbons (Fsp3) is 0.394. The van der Waals surface area contributed by atoms with Crippen molar-refractivity contribution in [3.05, 3.63) is 101 Å². The molecule has 0 fully saturated rings. The van der Waals surface area contributed by atoms with E-state index in [2.05, 4.69) is 26.1 Å². The number of nitrogens with one attached hydrogen (secondary N) is 1. The van der Waals surface area contributed by atoms with Gasteiger partial charge in [0.1, 0.15) is 18.4 Å². The summed E-state index contributed by atoms with van der Waals surface area (Å²) in [7, 11) is -3.86. The third kappa shape index (κ3) is 9.41. The zero-order chi connectivity index (χ0) is 30.9. The molecule has 0 saturated carbocycles. The first kappa shape index (κ1) is 32.8. The highest BCUT2D eigenvalue weighted by Gasteiger charge is 2.33. The van der Waals surface area contributed by atoms with Gasteiger partial charge in [0.2, 0.25) is 21.8 Å². The van der Waals surface area contributed by atoms with Gasteiger partial charge in [-0.25, -0.2) is 12.8 Å². The van der Waals surface area contributed by atoms with Crippen molar-refractivity contribution in [1.82, 2.24) is 10.2 Å². The Hall–Kier alpha value is -3.72. The molecule has 3 aromatic carbocycles. The van der Waals surface area contributed by atoms with Crippen LogP contribution in [0.15, 0.2) is 78.9 Å². The van der Waals surface area contributed by atoms with E-state index in [4.69, 9.17) is 0 Å². The van der Waals surface area contributed by atoms with Crippen LogP contribution in [0.3, 0.4) is 0 Å². The zero-order valence-electron chi connectivity index (χ0n) is 25.1. The number of amides is 2. The molecule has 1 atom stereocenters. The van der Waals surface area contributed by atoms with Crippen LogP contribution in [0.25, 0.3) is 0 Å². The molecule has 226 valence electrons. The van der Waals surface area contributed by atoms with E-state index < -0.39 is 34.3 Å². The Labute approximate surface area is 249 Å². The Balaban J connectivity index is 2.02. The monoisotopic (exact) mass is 595 g/mol. The lowest BCUT2D eigenvalue weighted by atomic mass is 9.87. The first-order valence-corrected chi connectivity index (χ1v) is 16.1. The maximum absolute atomic E-state index is 14.1. The van der Waals surface area contributed by atoms with Crippen molar-refractivity contribution < 1.29 is 22.4 Å². The van der Waals surface area contributed by atoms with Crippen LogP contribution in [0.5, 0.6) is 0 Å². The standard InChI is InChI=1S/C33H42FN3O4S/c1-6-7-21-35-32(39)30(22-25-11-9-8-10-12-25)36(23-26-13-17-28(34)18-14-26)31(38)24-37(42(5,40)41)29-19-15-27(16-20-29)33(2,3)4/h8-20,30H,6-7,21-24H2,1-5H3,(H,35,39)/t30-/m0/s1. The van der Waals surface area contributed by atoms with Crippen LogP contribution in [0, 0.1) is 5.82 Å². The average Bonchev–Trinajstić information content (AvgIpc) is 2.94. The second-order valence-corrected chi connectivity index (χ2v) is 13.5. The van der Waals surface area contributed by atoms with Gasteiger partial charge in [-0.2, -0.15) is 0 Å². The van der Waals surface area contributed by atoms with Crippen molar-refractivity contribution in [2.75, 3.05) is 23.7 Å². The summed E-state index contributed by atoms with van der Waals surface area (Å²) in [5.41, 5.74) is 2.71. The molecule has 0 aliphatic heterocycles. The van der Waals surface area contributed by atoms with Gasteiger partial charge in [-0.15, -0.1) is 0 Å². The highest BCUT2D eigenvalue weighted by molar-refractivity contribution is 7.92. The molecule has 0 aromatic heterocycles. The van der Waals surface area contributed by atoms with Crippen molar-refractivity contribution in [2.24, 2.45) is 0 Å². The van der Waals surface area contributed by atoms with E-state index in [0.717, 1.165) is 34.5 Å². The second-order valence-electron chi connectivity index (χ2n) is 11.6. The molecular formula is C33H42FN3O4S. The number of hydrogen-bond donors (Lipinski definition) is 1. The van der Waals surface area contributed by atoms with Crippen molar-refractivity contribution >= 4 is 27.5 Å². The van der Waals surface area contributed by atoms with Gasteiger partial charge in [0.25, 0.3) is 0 Å². The number of rotatable bonds is 13.